The predicted molar refractivity (Wildman–Crippen MR) is 379 cm³/mol. The van der Waals surface area contributed by atoms with Crippen LogP contribution in [0.5, 0.6) is 0 Å². The molecular weight excluding hydrogens is 1320 g/mol. The highest BCUT2D eigenvalue weighted by Crippen LogP contribution is 2.49. The molecule has 0 spiro atoms. The van der Waals surface area contributed by atoms with Crippen LogP contribution >= 0.6 is 7.82 Å². The molecule has 0 radical (unpaired) electrons. The van der Waals surface area contributed by atoms with Crippen LogP contribution in [0.2, 0.25) is 0 Å². The Morgan fingerprint density at radius 3 is 0.980 bits per heavy atom. The van der Waals surface area contributed by atoms with Crippen molar-refractivity contribution in [1.82, 2.24) is 0 Å². The first-order chi connectivity index (χ1) is 48.3. The monoisotopic (exact) mass is 1460 g/mol. The number of unbranched alkanes of at least 4 members (excludes halogenated alkanes) is 42. The standard InChI is InChI=1S/C75H141O24P/c1-4-7-10-13-16-19-22-25-28-30-33-36-39-42-45-48-51-61(79)94-56(53-91-59(77)49-46-43-40-37-34-31-27-24-21-18-15-12-9-6-3)54-93-100(89,90)99-73-71(97-74-69(87)64(82)62(80)57(52-76)95-74)67(85)66(84)68(86)72(73)98-75-70(88)65(83)63(81)58(96-75)55-92-60(78)50-47-44-41-38-35-32-29-26-23-20-17-14-11-8-5-2/h56-58,62-76,80-88H,4-55H2,1-3H3,(H,89,90). The minimum atomic E-state index is -5.69. The first-order valence-corrected chi connectivity index (χ1v) is 41.3. The first kappa shape index (κ1) is 92.2. The number of hydrogen-bond donors (Lipinski definition) is 11. The molecule has 0 bridgehead atoms. The summed E-state index contributed by atoms with van der Waals surface area (Å²) in [6.45, 7) is 3.50. The Kier molecular flexibility index (Phi) is 52.7. The lowest BCUT2D eigenvalue weighted by Gasteiger charge is -2.49. The van der Waals surface area contributed by atoms with Gasteiger partial charge in [0.1, 0.15) is 98.7 Å². The van der Waals surface area contributed by atoms with Crippen molar-refractivity contribution in [3.8, 4) is 0 Å². The third kappa shape index (κ3) is 39.5. The maximum absolute atomic E-state index is 14.4. The summed E-state index contributed by atoms with van der Waals surface area (Å²) in [6.07, 6.45) is 15.7. The molecule has 0 amide bonds. The Morgan fingerprint density at radius 2 is 0.640 bits per heavy atom. The first-order valence-electron chi connectivity index (χ1n) is 39.8. The molecule has 0 aromatic rings. The molecule has 11 N–H and O–H groups in total. The van der Waals surface area contributed by atoms with Crippen LogP contribution in [-0.4, -0.2) is 204 Å². The van der Waals surface area contributed by atoms with E-state index in [0.717, 1.165) is 89.9 Å². The van der Waals surface area contributed by atoms with E-state index in [4.69, 9.17) is 42.2 Å². The van der Waals surface area contributed by atoms with Gasteiger partial charge in [-0.15, -0.1) is 0 Å². The lowest BCUT2D eigenvalue weighted by molar-refractivity contribution is -0.360. The molecule has 2 heterocycles. The number of rotatable bonds is 63. The van der Waals surface area contributed by atoms with E-state index in [9.17, 15) is 74.9 Å². The van der Waals surface area contributed by atoms with Crippen LogP contribution in [0.15, 0.2) is 0 Å². The van der Waals surface area contributed by atoms with Gasteiger partial charge in [-0.05, 0) is 19.3 Å². The van der Waals surface area contributed by atoms with Crippen LogP contribution in [0.4, 0.5) is 0 Å². The summed E-state index contributed by atoms with van der Waals surface area (Å²) in [5, 5.41) is 110. The SMILES string of the molecule is CCCCCCCCCCCCCCCCCCC(=O)OC(COC(=O)CCCCCCCCCCCCCCCC)COP(=O)(O)OC1C(OC2OC(CO)C(O)C(O)C2O)C(O)C(O)C(O)C1OC1OC(COC(=O)CCCCCCCCCCCCCCCCC)C(O)C(O)C1O. The van der Waals surface area contributed by atoms with Crippen molar-refractivity contribution < 1.29 is 117 Å². The number of aliphatic hydroxyl groups excluding tert-OH is 10. The molecule has 2 saturated heterocycles. The third-order valence-electron chi connectivity index (χ3n) is 19.9. The van der Waals surface area contributed by atoms with Crippen LogP contribution in [0.25, 0.3) is 0 Å². The molecule has 3 fully saturated rings. The fraction of sp³-hybridized carbons (Fsp3) is 0.960. The highest BCUT2D eigenvalue weighted by Gasteiger charge is 2.58. The van der Waals surface area contributed by atoms with Gasteiger partial charge in [-0.3, -0.25) is 23.4 Å². The molecule has 0 aromatic heterocycles. The molecule has 1 saturated carbocycles. The molecule has 3 aliphatic rings. The Hall–Kier alpha value is -2.04. The van der Waals surface area contributed by atoms with Crippen LogP contribution in [-0.2, 0) is 61.2 Å². The molecule has 100 heavy (non-hydrogen) atoms. The molecule has 590 valence electrons. The van der Waals surface area contributed by atoms with E-state index in [2.05, 4.69) is 20.8 Å². The molecule has 18 unspecified atom stereocenters. The van der Waals surface area contributed by atoms with Gasteiger partial charge in [-0.25, -0.2) is 4.57 Å². The van der Waals surface area contributed by atoms with Gasteiger partial charge < -0.3 is 89.1 Å². The average Bonchev–Trinajstić information content (AvgIpc) is 0.762. The van der Waals surface area contributed by atoms with Gasteiger partial charge in [0.25, 0.3) is 0 Å². The molecule has 24 nitrogen and oxygen atoms in total. The van der Waals surface area contributed by atoms with Crippen molar-refractivity contribution in [3.63, 3.8) is 0 Å². The quantitative estimate of drug-likeness (QED) is 0.0117. The van der Waals surface area contributed by atoms with Crippen LogP contribution in [0.1, 0.15) is 329 Å². The number of ether oxygens (including phenoxy) is 7. The fourth-order valence-corrected chi connectivity index (χ4v) is 14.4. The van der Waals surface area contributed by atoms with Gasteiger partial charge in [0.2, 0.25) is 0 Å². The number of hydrogen-bond acceptors (Lipinski definition) is 23. The minimum absolute atomic E-state index is 0.0327. The van der Waals surface area contributed by atoms with E-state index in [1.54, 1.807) is 0 Å². The molecule has 0 aromatic carbocycles. The van der Waals surface area contributed by atoms with Crippen molar-refractivity contribution in [3.05, 3.63) is 0 Å². The molecule has 3 rings (SSSR count). The van der Waals surface area contributed by atoms with E-state index < -0.39 is 156 Å². The van der Waals surface area contributed by atoms with Gasteiger partial charge in [-0.2, -0.15) is 0 Å². The maximum atomic E-state index is 14.4. The lowest BCUT2D eigenvalue weighted by Crippen LogP contribution is -2.69. The minimum Gasteiger partial charge on any atom is -0.463 e. The number of carbonyl (C=O) groups excluding carboxylic acids is 3. The normalized spacial score (nSPS) is 27.3. The number of carbonyl (C=O) groups is 3. The van der Waals surface area contributed by atoms with Crippen molar-refractivity contribution >= 4 is 25.7 Å². The van der Waals surface area contributed by atoms with Gasteiger partial charge in [0, 0.05) is 19.3 Å². The summed E-state index contributed by atoms with van der Waals surface area (Å²) >= 11 is 0. The van der Waals surface area contributed by atoms with E-state index in [0.29, 0.717) is 19.3 Å². The van der Waals surface area contributed by atoms with E-state index >= 15 is 0 Å². The highest BCUT2D eigenvalue weighted by molar-refractivity contribution is 7.47. The summed E-state index contributed by atoms with van der Waals surface area (Å²) in [5.74, 6) is -1.97. The second kappa shape index (κ2) is 57.2. The summed E-state index contributed by atoms with van der Waals surface area (Å²) in [5.41, 5.74) is 0. The zero-order chi connectivity index (χ0) is 73.2. The van der Waals surface area contributed by atoms with Gasteiger partial charge in [0.05, 0.1) is 13.2 Å². The van der Waals surface area contributed by atoms with Gasteiger partial charge in [0.15, 0.2) is 18.7 Å². The van der Waals surface area contributed by atoms with Crippen LogP contribution in [0.3, 0.4) is 0 Å². The highest BCUT2D eigenvalue weighted by atomic mass is 31.2. The zero-order valence-corrected chi connectivity index (χ0v) is 62.7. The Morgan fingerprint density at radius 1 is 0.350 bits per heavy atom. The summed E-state index contributed by atoms with van der Waals surface area (Å²) < 4.78 is 65.2. The van der Waals surface area contributed by atoms with E-state index in [1.807, 2.05) is 0 Å². The Balaban J connectivity index is 1.71. The van der Waals surface area contributed by atoms with Gasteiger partial charge in [-0.1, -0.05) is 290 Å². The predicted octanol–water partition coefficient (Wildman–Crippen LogP) is 11.7. The average molecular weight is 1460 g/mol. The second-order valence-corrected chi connectivity index (χ2v) is 30.2. The zero-order valence-electron chi connectivity index (χ0n) is 61.8. The lowest BCUT2D eigenvalue weighted by atomic mass is 9.84. The topological polar surface area (TPSA) is 374 Å². The van der Waals surface area contributed by atoms with E-state index in [-0.39, 0.29) is 19.3 Å². The smallest absolute Gasteiger partial charge is 0.463 e. The van der Waals surface area contributed by atoms with Crippen LogP contribution < -0.4 is 0 Å². The number of esters is 3. The third-order valence-corrected chi connectivity index (χ3v) is 20.9. The molecule has 18 atom stereocenters. The van der Waals surface area contributed by atoms with Crippen molar-refractivity contribution in [2.75, 3.05) is 26.4 Å². The fourth-order valence-electron chi connectivity index (χ4n) is 13.4. The molecule has 1 aliphatic carbocycles. The summed E-state index contributed by atoms with van der Waals surface area (Å²) in [4.78, 5) is 51.1. The van der Waals surface area contributed by atoms with Gasteiger partial charge >= 0.3 is 25.7 Å². The number of phosphoric acid groups is 1. The van der Waals surface area contributed by atoms with E-state index in [1.165, 1.54) is 180 Å². The second-order valence-electron chi connectivity index (χ2n) is 28.8. The molecule has 2 aliphatic heterocycles. The van der Waals surface area contributed by atoms with Crippen molar-refractivity contribution in [2.24, 2.45) is 0 Å². The molecular formula is C75H141O24P. The largest absolute Gasteiger partial charge is 0.472 e. The number of phosphoric ester groups is 1. The van der Waals surface area contributed by atoms with Crippen LogP contribution in [0, 0.1) is 0 Å². The summed E-state index contributed by atoms with van der Waals surface area (Å²) in [6, 6.07) is 0. The van der Waals surface area contributed by atoms with Crippen molar-refractivity contribution in [1.29, 1.82) is 0 Å². The Bertz CT molecular complexity index is 2060. The molecule has 25 heteroatoms. The maximum Gasteiger partial charge on any atom is 0.472 e. The Labute approximate surface area is 600 Å². The van der Waals surface area contributed by atoms with Crippen molar-refractivity contribution in [2.45, 2.75) is 433 Å². The number of aliphatic hydroxyl groups is 10. The summed E-state index contributed by atoms with van der Waals surface area (Å²) in [7, 11) is -5.69.